The molecule has 0 radical (unpaired) electrons. The average molecular weight is 355 g/mol. The first-order valence-corrected chi connectivity index (χ1v) is 8.84. The molecule has 1 amide bonds. The molecule has 0 spiro atoms. The van der Waals surface area contributed by atoms with Crippen LogP contribution in [0, 0.1) is 5.92 Å². The first kappa shape index (κ1) is 18.0. The number of phenolic OH excluding ortho intramolecular Hbond substituents is 1. The lowest BCUT2D eigenvalue weighted by molar-refractivity contribution is -0.119. The van der Waals surface area contributed by atoms with Crippen molar-refractivity contribution >= 4 is 29.0 Å². The summed E-state index contributed by atoms with van der Waals surface area (Å²) in [5.41, 5.74) is 1.50. The van der Waals surface area contributed by atoms with Gasteiger partial charge in [0.1, 0.15) is 17.5 Å². The van der Waals surface area contributed by atoms with E-state index in [1.54, 1.807) is 42.4 Å². The lowest BCUT2D eigenvalue weighted by Gasteiger charge is -2.39. The van der Waals surface area contributed by atoms with Crippen molar-refractivity contribution in [2.24, 2.45) is 5.92 Å². The van der Waals surface area contributed by atoms with E-state index in [1.165, 1.54) is 0 Å². The predicted octanol–water partition coefficient (Wildman–Crippen LogP) is 3.14. The van der Waals surface area contributed by atoms with Crippen LogP contribution in [0.5, 0.6) is 5.75 Å². The van der Waals surface area contributed by atoms with Gasteiger partial charge in [0, 0.05) is 19.3 Å². The molecule has 0 aliphatic carbocycles. The fourth-order valence-electron chi connectivity index (χ4n) is 2.96. The summed E-state index contributed by atoms with van der Waals surface area (Å²) in [6.07, 6.45) is 2.66. The minimum absolute atomic E-state index is 0.0455. The van der Waals surface area contributed by atoms with Gasteiger partial charge in [-0.15, -0.1) is 0 Å². The fourth-order valence-corrected chi connectivity index (χ4v) is 2.96. The maximum Gasteiger partial charge on any atom is 0.249 e. The Labute approximate surface area is 153 Å². The zero-order valence-electron chi connectivity index (χ0n) is 15.6. The summed E-state index contributed by atoms with van der Waals surface area (Å²) in [7, 11) is 1.76. The molecule has 1 unspecified atom stereocenters. The molecule has 3 rings (SSSR count). The zero-order valence-corrected chi connectivity index (χ0v) is 15.6. The number of aromatic hydroxyl groups is 1. The van der Waals surface area contributed by atoms with Gasteiger partial charge < -0.3 is 20.2 Å². The highest BCUT2D eigenvalue weighted by molar-refractivity contribution is 6.04. The lowest BCUT2D eigenvalue weighted by atomic mass is 10.1. The Morgan fingerprint density at radius 2 is 1.96 bits per heavy atom. The van der Waals surface area contributed by atoms with Crippen molar-refractivity contribution in [1.29, 1.82) is 0 Å². The van der Waals surface area contributed by atoms with Gasteiger partial charge in [-0.1, -0.05) is 13.8 Å². The second-order valence-corrected chi connectivity index (χ2v) is 7.02. The monoisotopic (exact) mass is 355 g/mol. The standard InChI is InChI=1S/C19H25N5O2/c1-12(2)9-10-24-13(3)18(26)23(4)16-11-20-19(22-17(16)24)21-14-5-7-15(25)8-6-14/h5-8,11-13,25H,9-10H2,1-4H3,(H,20,21,22). The Kier molecular flexibility index (Phi) is 4.97. The molecule has 1 aromatic heterocycles. The molecule has 0 bridgehead atoms. The molecule has 2 heterocycles. The van der Waals surface area contributed by atoms with Gasteiger partial charge in [0.2, 0.25) is 11.9 Å². The van der Waals surface area contributed by atoms with Crippen LogP contribution in [0.25, 0.3) is 0 Å². The molecule has 0 saturated heterocycles. The molecule has 2 aromatic rings. The van der Waals surface area contributed by atoms with Crippen molar-refractivity contribution in [3.05, 3.63) is 30.5 Å². The van der Waals surface area contributed by atoms with Crippen LogP contribution in [0.15, 0.2) is 30.5 Å². The molecule has 7 nitrogen and oxygen atoms in total. The third kappa shape index (κ3) is 3.56. The lowest BCUT2D eigenvalue weighted by Crippen LogP contribution is -2.51. The number of likely N-dealkylation sites (N-methyl/N-ethyl adjacent to an activating group) is 1. The van der Waals surface area contributed by atoms with Crippen LogP contribution < -0.4 is 15.1 Å². The first-order valence-electron chi connectivity index (χ1n) is 8.84. The summed E-state index contributed by atoms with van der Waals surface area (Å²) in [6.45, 7) is 7.01. The van der Waals surface area contributed by atoms with E-state index in [9.17, 15) is 9.90 Å². The number of hydrogen-bond acceptors (Lipinski definition) is 6. The maximum absolute atomic E-state index is 12.5. The number of phenols is 1. The number of nitrogens with one attached hydrogen (secondary N) is 1. The minimum Gasteiger partial charge on any atom is -0.508 e. The van der Waals surface area contributed by atoms with Gasteiger partial charge in [0.25, 0.3) is 0 Å². The van der Waals surface area contributed by atoms with Crippen molar-refractivity contribution < 1.29 is 9.90 Å². The summed E-state index contributed by atoms with van der Waals surface area (Å²) in [5.74, 6) is 2.01. The Bertz CT molecular complexity index is 791. The Hall–Kier alpha value is -2.83. The number of aromatic nitrogens is 2. The van der Waals surface area contributed by atoms with E-state index in [4.69, 9.17) is 0 Å². The first-order chi connectivity index (χ1) is 12.4. The number of rotatable bonds is 5. The number of amides is 1. The highest BCUT2D eigenvalue weighted by Gasteiger charge is 2.35. The average Bonchev–Trinajstić information content (AvgIpc) is 2.61. The largest absolute Gasteiger partial charge is 0.508 e. The molecule has 138 valence electrons. The van der Waals surface area contributed by atoms with E-state index in [2.05, 4.69) is 34.0 Å². The zero-order chi connectivity index (χ0) is 18.8. The van der Waals surface area contributed by atoms with Gasteiger partial charge in [-0.25, -0.2) is 4.98 Å². The van der Waals surface area contributed by atoms with E-state index in [-0.39, 0.29) is 17.7 Å². The van der Waals surface area contributed by atoms with Gasteiger partial charge >= 0.3 is 0 Å². The highest BCUT2D eigenvalue weighted by Crippen LogP contribution is 2.34. The van der Waals surface area contributed by atoms with Crippen LogP contribution in [0.3, 0.4) is 0 Å². The minimum atomic E-state index is -0.261. The quantitative estimate of drug-likeness (QED) is 0.802. The summed E-state index contributed by atoms with van der Waals surface area (Å²) in [6, 6.07) is 6.46. The molecule has 7 heteroatoms. The summed E-state index contributed by atoms with van der Waals surface area (Å²) in [5, 5.41) is 12.5. The smallest absolute Gasteiger partial charge is 0.249 e. The summed E-state index contributed by atoms with van der Waals surface area (Å²) < 4.78 is 0. The third-order valence-corrected chi connectivity index (χ3v) is 4.61. The molecule has 1 aliphatic rings. The molecular formula is C19H25N5O2. The van der Waals surface area contributed by atoms with Crippen molar-refractivity contribution in [3.8, 4) is 5.75 Å². The number of fused-ring (bicyclic) bond motifs is 1. The topological polar surface area (TPSA) is 81.6 Å². The maximum atomic E-state index is 12.5. The Balaban J connectivity index is 1.92. The van der Waals surface area contributed by atoms with Crippen LogP contribution in [-0.4, -0.2) is 40.6 Å². The van der Waals surface area contributed by atoms with Crippen LogP contribution >= 0.6 is 0 Å². The number of benzene rings is 1. The van der Waals surface area contributed by atoms with Crippen LogP contribution in [0.1, 0.15) is 27.2 Å². The van der Waals surface area contributed by atoms with E-state index >= 15 is 0 Å². The predicted molar refractivity (Wildman–Crippen MR) is 103 cm³/mol. The summed E-state index contributed by atoms with van der Waals surface area (Å²) >= 11 is 0. The van der Waals surface area contributed by atoms with Crippen molar-refractivity contribution in [2.75, 3.05) is 28.7 Å². The molecule has 1 aromatic carbocycles. The second-order valence-electron chi connectivity index (χ2n) is 7.02. The number of carbonyl (C=O) groups is 1. The van der Waals surface area contributed by atoms with Crippen LogP contribution in [0.2, 0.25) is 0 Å². The molecule has 0 saturated carbocycles. The molecular weight excluding hydrogens is 330 g/mol. The molecule has 1 aliphatic heterocycles. The van der Waals surface area contributed by atoms with Gasteiger partial charge in [-0.05, 0) is 43.5 Å². The van der Waals surface area contributed by atoms with E-state index in [0.29, 0.717) is 17.6 Å². The number of carbonyl (C=O) groups excluding carboxylic acids is 1. The van der Waals surface area contributed by atoms with Gasteiger partial charge in [-0.3, -0.25) is 4.79 Å². The third-order valence-electron chi connectivity index (χ3n) is 4.61. The SMILES string of the molecule is CC(C)CCN1c2nc(Nc3ccc(O)cc3)ncc2N(C)C(=O)C1C. The number of nitrogens with zero attached hydrogens (tertiary/aromatic N) is 4. The van der Waals surface area contributed by atoms with Crippen LogP contribution in [-0.2, 0) is 4.79 Å². The summed E-state index contributed by atoms with van der Waals surface area (Å²) in [4.78, 5) is 25.2. The highest BCUT2D eigenvalue weighted by atomic mass is 16.3. The number of hydrogen-bond donors (Lipinski definition) is 2. The molecule has 26 heavy (non-hydrogen) atoms. The molecule has 1 atom stereocenters. The second kappa shape index (κ2) is 7.19. The van der Waals surface area contributed by atoms with Crippen LogP contribution in [0.4, 0.5) is 23.1 Å². The molecule has 0 fully saturated rings. The Morgan fingerprint density at radius 3 is 2.62 bits per heavy atom. The number of anilines is 4. The normalized spacial score (nSPS) is 16.8. The van der Waals surface area contributed by atoms with E-state index in [1.807, 2.05) is 6.92 Å². The van der Waals surface area contributed by atoms with Gasteiger partial charge in [0.15, 0.2) is 5.82 Å². The van der Waals surface area contributed by atoms with E-state index < -0.39 is 0 Å². The van der Waals surface area contributed by atoms with Gasteiger partial charge in [-0.2, -0.15) is 4.98 Å². The van der Waals surface area contributed by atoms with Crippen molar-refractivity contribution in [2.45, 2.75) is 33.2 Å². The van der Waals surface area contributed by atoms with Crippen molar-refractivity contribution in [1.82, 2.24) is 9.97 Å². The molecule has 2 N–H and O–H groups in total. The van der Waals surface area contributed by atoms with E-state index in [0.717, 1.165) is 24.5 Å². The van der Waals surface area contributed by atoms with Crippen molar-refractivity contribution in [3.63, 3.8) is 0 Å². The fraction of sp³-hybridized carbons (Fsp3) is 0.421. The van der Waals surface area contributed by atoms with Gasteiger partial charge in [0.05, 0.1) is 6.20 Å². The Morgan fingerprint density at radius 1 is 1.27 bits per heavy atom.